The van der Waals surface area contributed by atoms with E-state index in [1.807, 2.05) is 26.0 Å². The standard InChI is InChI=1S/C25H23F3O2/c1-3-5-17-8-12-19(13-9-17)25(29)30-21-15-14-20(23(26)22(21)24(27)28)18-10-6-16(4-2)7-11-18/h6-15,24H,3-5H2,1-2H3. The number of alkyl halides is 2. The first-order valence-electron chi connectivity index (χ1n) is 9.95. The topological polar surface area (TPSA) is 26.3 Å². The van der Waals surface area contributed by atoms with Crippen LogP contribution in [0.2, 0.25) is 0 Å². The van der Waals surface area contributed by atoms with Gasteiger partial charge < -0.3 is 4.74 Å². The number of hydrogen-bond donors (Lipinski definition) is 0. The van der Waals surface area contributed by atoms with Gasteiger partial charge in [-0.2, -0.15) is 0 Å². The maximum absolute atomic E-state index is 15.0. The minimum atomic E-state index is -3.13. The Labute approximate surface area is 174 Å². The molecule has 0 aromatic heterocycles. The number of halogens is 3. The number of carbonyl (C=O) groups is 1. The van der Waals surface area contributed by atoms with E-state index >= 15 is 0 Å². The van der Waals surface area contributed by atoms with Gasteiger partial charge in [-0.25, -0.2) is 18.0 Å². The highest BCUT2D eigenvalue weighted by atomic mass is 19.3. The van der Waals surface area contributed by atoms with E-state index in [-0.39, 0.29) is 11.1 Å². The summed E-state index contributed by atoms with van der Waals surface area (Å²) in [5.74, 6) is -2.36. The Hall–Kier alpha value is -3.08. The summed E-state index contributed by atoms with van der Waals surface area (Å²) in [5, 5.41) is 0. The van der Waals surface area contributed by atoms with E-state index in [4.69, 9.17) is 4.74 Å². The lowest BCUT2D eigenvalue weighted by molar-refractivity contribution is 0.0721. The third kappa shape index (κ3) is 4.73. The summed E-state index contributed by atoms with van der Waals surface area (Å²) in [7, 11) is 0. The van der Waals surface area contributed by atoms with Crippen molar-refractivity contribution in [3.05, 3.63) is 88.7 Å². The van der Waals surface area contributed by atoms with Crippen molar-refractivity contribution >= 4 is 5.97 Å². The minimum absolute atomic E-state index is 0.0386. The monoisotopic (exact) mass is 412 g/mol. The van der Waals surface area contributed by atoms with E-state index in [9.17, 15) is 18.0 Å². The molecule has 0 atom stereocenters. The fourth-order valence-electron chi connectivity index (χ4n) is 3.27. The SMILES string of the molecule is CCCc1ccc(C(=O)Oc2ccc(-c3ccc(CC)cc3)c(F)c2C(F)F)cc1. The van der Waals surface area contributed by atoms with Crippen molar-refractivity contribution in [1.29, 1.82) is 0 Å². The van der Waals surface area contributed by atoms with Gasteiger partial charge in [0.2, 0.25) is 0 Å². The Bertz CT molecular complexity index is 1010. The predicted molar refractivity (Wildman–Crippen MR) is 112 cm³/mol. The summed E-state index contributed by atoms with van der Waals surface area (Å²) in [6, 6.07) is 16.3. The predicted octanol–water partition coefficient (Wildman–Crippen LogP) is 7.16. The molecule has 2 nitrogen and oxygen atoms in total. The van der Waals surface area contributed by atoms with Crippen molar-refractivity contribution in [2.75, 3.05) is 0 Å². The molecule has 156 valence electrons. The van der Waals surface area contributed by atoms with Crippen LogP contribution in [0.5, 0.6) is 5.75 Å². The molecule has 5 heteroatoms. The van der Waals surface area contributed by atoms with Gasteiger partial charge in [-0.15, -0.1) is 0 Å². The Morgan fingerprint density at radius 3 is 2.10 bits per heavy atom. The van der Waals surface area contributed by atoms with Crippen LogP contribution >= 0.6 is 0 Å². The van der Waals surface area contributed by atoms with Crippen molar-refractivity contribution in [3.63, 3.8) is 0 Å². The van der Waals surface area contributed by atoms with Crippen LogP contribution in [0.1, 0.15) is 53.7 Å². The molecule has 3 aromatic rings. The van der Waals surface area contributed by atoms with Crippen LogP contribution in [0.4, 0.5) is 13.2 Å². The van der Waals surface area contributed by atoms with Crippen molar-refractivity contribution in [3.8, 4) is 16.9 Å². The number of hydrogen-bond acceptors (Lipinski definition) is 2. The summed E-state index contributed by atoms with van der Waals surface area (Å²) in [6.45, 7) is 4.04. The van der Waals surface area contributed by atoms with E-state index in [0.29, 0.717) is 5.56 Å². The normalized spacial score (nSPS) is 11.0. The highest BCUT2D eigenvalue weighted by molar-refractivity contribution is 5.91. The van der Waals surface area contributed by atoms with E-state index in [2.05, 4.69) is 0 Å². The number of aryl methyl sites for hydroxylation is 2. The molecule has 0 amide bonds. The number of benzene rings is 3. The fourth-order valence-corrected chi connectivity index (χ4v) is 3.27. The largest absolute Gasteiger partial charge is 0.422 e. The number of rotatable bonds is 7. The van der Waals surface area contributed by atoms with Crippen LogP contribution in [0.25, 0.3) is 11.1 Å². The van der Waals surface area contributed by atoms with E-state index < -0.39 is 29.5 Å². The summed E-state index contributed by atoms with van der Waals surface area (Å²) in [4.78, 5) is 12.4. The number of carbonyl (C=O) groups excluding carboxylic acids is 1. The highest BCUT2D eigenvalue weighted by Gasteiger charge is 2.25. The lowest BCUT2D eigenvalue weighted by Crippen LogP contribution is -2.11. The van der Waals surface area contributed by atoms with E-state index in [1.54, 1.807) is 36.4 Å². The molecule has 0 unspecified atom stereocenters. The molecule has 0 spiro atoms. The Morgan fingerprint density at radius 2 is 1.53 bits per heavy atom. The van der Waals surface area contributed by atoms with Crippen molar-refractivity contribution in [2.24, 2.45) is 0 Å². The molecule has 0 bridgehead atoms. The van der Waals surface area contributed by atoms with Crippen LogP contribution in [0.3, 0.4) is 0 Å². The second-order valence-electron chi connectivity index (χ2n) is 7.03. The average molecular weight is 412 g/mol. The van der Waals surface area contributed by atoms with Crippen LogP contribution in [0, 0.1) is 5.82 Å². The van der Waals surface area contributed by atoms with E-state index in [1.165, 1.54) is 12.1 Å². The molecule has 0 heterocycles. The lowest BCUT2D eigenvalue weighted by atomic mass is 9.99. The van der Waals surface area contributed by atoms with Gasteiger partial charge in [-0.3, -0.25) is 0 Å². The Balaban J connectivity index is 1.90. The van der Waals surface area contributed by atoms with Crippen molar-refractivity contribution in [1.82, 2.24) is 0 Å². The maximum Gasteiger partial charge on any atom is 0.343 e. The van der Waals surface area contributed by atoms with Crippen LogP contribution in [-0.2, 0) is 12.8 Å². The molecule has 30 heavy (non-hydrogen) atoms. The Kier molecular flexibility index (Phi) is 6.93. The minimum Gasteiger partial charge on any atom is -0.422 e. The average Bonchev–Trinajstić information content (AvgIpc) is 2.74. The molecule has 0 aliphatic carbocycles. The lowest BCUT2D eigenvalue weighted by Gasteiger charge is -2.14. The second-order valence-corrected chi connectivity index (χ2v) is 7.03. The van der Waals surface area contributed by atoms with Gasteiger partial charge in [0, 0.05) is 5.56 Å². The van der Waals surface area contributed by atoms with Gasteiger partial charge in [0.05, 0.1) is 11.1 Å². The molecule has 0 saturated heterocycles. The first kappa shape index (κ1) is 21.6. The highest BCUT2D eigenvalue weighted by Crippen LogP contribution is 2.37. The van der Waals surface area contributed by atoms with Crippen LogP contribution < -0.4 is 4.74 Å². The quantitative estimate of drug-likeness (QED) is 0.304. The summed E-state index contributed by atoms with van der Waals surface area (Å²) in [6.07, 6.45) is -0.473. The summed E-state index contributed by atoms with van der Waals surface area (Å²) < 4.78 is 47.4. The fraction of sp³-hybridized carbons (Fsp3) is 0.240. The zero-order valence-electron chi connectivity index (χ0n) is 16.9. The van der Waals surface area contributed by atoms with Crippen molar-refractivity contribution in [2.45, 2.75) is 39.5 Å². The Morgan fingerprint density at radius 1 is 0.900 bits per heavy atom. The third-order valence-electron chi connectivity index (χ3n) is 4.96. The zero-order valence-corrected chi connectivity index (χ0v) is 16.9. The van der Waals surface area contributed by atoms with Crippen molar-refractivity contribution < 1.29 is 22.7 Å². The molecule has 0 fully saturated rings. The van der Waals surface area contributed by atoms with E-state index in [0.717, 1.165) is 30.4 Å². The first-order chi connectivity index (χ1) is 14.4. The maximum atomic E-state index is 15.0. The molecular formula is C25H23F3O2. The molecule has 0 N–H and O–H groups in total. The molecule has 0 aliphatic heterocycles. The molecule has 0 saturated carbocycles. The number of esters is 1. The van der Waals surface area contributed by atoms with Gasteiger partial charge in [-0.05, 0) is 53.8 Å². The van der Waals surface area contributed by atoms with Gasteiger partial charge in [0.15, 0.2) is 0 Å². The number of ether oxygens (including phenoxy) is 1. The van der Waals surface area contributed by atoms with Gasteiger partial charge in [-0.1, -0.05) is 56.7 Å². The summed E-state index contributed by atoms with van der Waals surface area (Å²) >= 11 is 0. The molecule has 0 radical (unpaired) electrons. The smallest absolute Gasteiger partial charge is 0.343 e. The van der Waals surface area contributed by atoms with Gasteiger partial charge >= 0.3 is 5.97 Å². The second kappa shape index (κ2) is 9.61. The van der Waals surface area contributed by atoms with Gasteiger partial charge in [0.1, 0.15) is 11.6 Å². The van der Waals surface area contributed by atoms with Crippen LogP contribution in [-0.4, -0.2) is 5.97 Å². The third-order valence-corrected chi connectivity index (χ3v) is 4.96. The first-order valence-corrected chi connectivity index (χ1v) is 9.95. The van der Waals surface area contributed by atoms with Gasteiger partial charge in [0.25, 0.3) is 6.43 Å². The zero-order chi connectivity index (χ0) is 21.7. The molecule has 3 rings (SSSR count). The summed E-state index contributed by atoms with van der Waals surface area (Å²) in [5.41, 5.74) is 1.95. The molecule has 3 aromatic carbocycles. The molecule has 0 aliphatic rings. The molecular weight excluding hydrogens is 389 g/mol. The van der Waals surface area contributed by atoms with Crippen LogP contribution in [0.15, 0.2) is 60.7 Å².